The molecule has 1 aliphatic rings. The van der Waals surface area contributed by atoms with E-state index >= 15 is 0 Å². The Morgan fingerprint density at radius 2 is 2.33 bits per heavy atom. The molecule has 1 saturated heterocycles. The number of hydrogen-bond donors (Lipinski definition) is 2. The molecule has 0 unspecified atom stereocenters. The molecule has 0 saturated carbocycles. The highest BCUT2D eigenvalue weighted by Crippen LogP contribution is 2.10. The number of nitrogens with one attached hydrogen (secondary N) is 1. The van der Waals surface area contributed by atoms with Gasteiger partial charge in [0.05, 0.1) is 25.2 Å². The largest absolute Gasteiger partial charge is 0.391 e. The summed E-state index contributed by atoms with van der Waals surface area (Å²) in [7, 11) is 0. The fourth-order valence-corrected chi connectivity index (χ4v) is 2.48. The quantitative estimate of drug-likeness (QED) is 0.732. The van der Waals surface area contributed by atoms with Gasteiger partial charge in [-0.05, 0) is 13.0 Å². The van der Waals surface area contributed by atoms with Crippen molar-refractivity contribution in [2.45, 2.75) is 31.5 Å². The van der Waals surface area contributed by atoms with Gasteiger partial charge in [0.25, 0.3) is 5.56 Å². The molecule has 2 aromatic rings. The number of nitrogens with zero attached hydrogens (tertiary/aromatic N) is 4. The number of aliphatic hydroxyl groups is 1. The third kappa shape index (κ3) is 2.81. The Morgan fingerprint density at radius 3 is 3.10 bits per heavy atom. The normalized spacial score (nSPS) is 21.8. The van der Waals surface area contributed by atoms with E-state index < -0.39 is 6.10 Å². The molecule has 0 radical (unpaired) electrons. The number of aromatic nitrogens is 4. The molecular formula is C13H15N5O3. The van der Waals surface area contributed by atoms with Gasteiger partial charge in [0.15, 0.2) is 11.3 Å². The molecule has 8 heteroatoms. The van der Waals surface area contributed by atoms with E-state index in [0.717, 1.165) is 0 Å². The maximum atomic E-state index is 12.2. The Bertz CT molecular complexity index is 729. The molecule has 1 fully saturated rings. The lowest BCUT2D eigenvalue weighted by atomic mass is 10.1. The molecule has 3 heterocycles. The number of ketones is 1. The molecule has 8 nitrogen and oxygen atoms in total. The first-order chi connectivity index (χ1) is 10.1. The van der Waals surface area contributed by atoms with Gasteiger partial charge >= 0.3 is 0 Å². The summed E-state index contributed by atoms with van der Waals surface area (Å²) in [5, 5.41) is 12.8. The first-order valence-electron chi connectivity index (χ1n) is 6.73. The number of fused-ring (bicyclic) bond motifs is 1. The molecule has 0 spiro atoms. The molecule has 2 N–H and O–H groups in total. The summed E-state index contributed by atoms with van der Waals surface area (Å²) in [6, 6.07) is -0.232. The zero-order valence-corrected chi connectivity index (χ0v) is 11.3. The van der Waals surface area contributed by atoms with Gasteiger partial charge in [-0.15, -0.1) is 0 Å². The molecule has 1 aliphatic heterocycles. The van der Waals surface area contributed by atoms with Gasteiger partial charge < -0.3 is 10.4 Å². The molecule has 110 valence electrons. The van der Waals surface area contributed by atoms with Crippen LogP contribution in [0.15, 0.2) is 23.6 Å². The van der Waals surface area contributed by atoms with Crippen LogP contribution in [0.3, 0.4) is 0 Å². The number of Topliss-reactive ketones (excluding diaryl/α,β-unsaturated/α-hetero) is 1. The molecular weight excluding hydrogens is 274 g/mol. The number of carbonyl (C=O) groups is 1. The molecule has 0 aliphatic carbocycles. The van der Waals surface area contributed by atoms with E-state index in [9.17, 15) is 14.7 Å². The molecule has 0 aromatic carbocycles. The molecule has 0 bridgehead atoms. The molecule has 2 aromatic heterocycles. The molecule has 0 amide bonds. The van der Waals surface area contributed by atoms with Gasteiger partial charge in [0, 0.05) is 12.5 Å². The van der Waals surface area contributed by atoms with Crippen molar-refractivity contribution in [3.63, 3.8) is 0 Å². The van der Waals surface area contributed by atoms with E-state index in [0.29, 0.717) is 18.5 Å². The van der Waals surface area contributed by atoms with Gasteiger partial charge in [0.2, 0.25) is 0 Å². The van der Waals surface area contributed by atoms with Gasteiger partial charge in [-0.3, -0.25) is 14.2 Å². The summed E-state index contributed by atoms with van der Waals surface area (Å²) < 4.78 is 1.24. The summed E-state index contributed by atoms with van der Waals surface area (Å²) in [4.78, 5) is 36.0. The molecule has 2 atom stereocenters. The minimum Gasteiger partial charge on any atom is -0.391 e. The van der Waals surface area contributed by atoms with Gasteiger partial charge in [-0.25, -0.2) is 15.0 Å². The SMILES string of the molecule is O=C(C[C@@H]1NCC[C@H]1O)Cn1cnc2cncnc2c1=O. The Labute approximate surface area is 119 Å². The first kappa shape index (κ1) is 13.8. The monoisotopic (exact) mass is 289 g/mol. The highest BCUT2D eigenvalue weighted by atomic mass is 16.3. The highest BCUT2D eigenvalue weighted by Gasteiger charge is 2.26. The predicted molar refractivity (Wildman–Crippen MR) is 73.6 cm³/mol. The zero-order chi connectivity index (χ0) is 14.8. The zero-order valence-electron chi connectivity index (χ0n) is 11.3. The third-order valence-electron chi connectivity index (χ3n) is 3.60. The smallest absolute Gasteiger partial charge is 0.280 e. The van der Waals surface area contributed by atoms with Crippen LogP contribution >= 0.6 is 0 Å². The summed E-state index contributed by atoms with van der Waals surface area (Å²) in [6.45, 7) is 0.629. The summed E-state index contributed by atoms with van der Waals surface area (Å²) >= 11 is 0. The van der Waals surface area contributed by atoms with E-state index in [4.69, 9.17) is 0 Å². The fourth-order valence-electron chi connectivity index (χ4n) is 2.48. The van der Waals surface area contributed by atoms with Crippen molar-refractivity contribution in [3.8, 4) is 0 Å². The van der Waals surface area contributed by atoms with E-state index in [1.807, 2.05) is 0 Å². The van der Waals surface area contributed by atoms with Crippen molar-refractivity contribution in [3.05, 3.63) is 29.2 Å². The van der Waals surface area contributed by atoms with Crippen LogP contribution in [0, 0.1) is 0 Å². The van der Waals surface area contributed by atoms with Gasteiger partial charge in [-0.1, -0.05) is 0 Å². The Morgan fingerprint density at radius 1 is 1.48 bits per heavy atom. The van der Waals surface area contributed by atoms with Crippen LogP contribution in [0.2, 0.25) is 0 Å². The number of aliphatic hydroxyl groups excluding tert-OH is 1. The average molecular weight is 289 g/mol. The van der Waals surface area contributed by atoms with E-state index in [1.54, 1.807) is 0 Å². The van der Waals surface area contributed by atoms with Crippen LogP contribution in [0.4, 0.5) is 0 Å². The van der Waals surface area contributed by atoms with Crippen LogP contribution in [-0.2, 0) is 11.3 Å². The summed E-state index contributed by atoms with van der Waals surface area (Å²) in [5.41, 5.74) is 0.231. The van der Waals surface area contributed by atoms with Crippen LogP contribution in [-0.4, -0.2) is 49.1 Å². The van der Waals surface area contributed by atoms with E-state index in [-0.39, 0.29) is 35.9 Å². The predicted octanol–water partition coefficient (Wildman–Crippen LogP) is -1.13. The van der Waals surface area contributed by atoms with Crippen molar-refractivity contribution in [1.29, 1.82) is 0 Å². The highest BCUT2D eigenvalue weighted by molar-refractivity contribution is 5.79. The lowest BCUT2D eigenvalue weighted by molar-refractivity contribution is -0.120. The van der Waals surface area contributed by atoms with Gasteiger partial charge in [-0.2, -0.15) is 0 Å². The molecule has 21 heavy (non-hydrogen) atoms. The standard InChI is InChI=1S/C13H15N5O3/c19-8(3-9-11(20)1-2-15-9)5-18-7-17-10-4-14-6-16-12(10)13(18)21/h4,6-7,9,11,15,20H,1-3,5H2/t9-,11+/m0/s1. The minimum absolute atomic E-state index is 0.0727. The molecule has 3 rings (SSSR count). The van der Waals surface area contributed by atoms with Crippen LogP contribution < -0.4 is 10.9 Å². The number of hydrogen-bond acceptors (Lipinski definition) is 7. The van der Waals surface area contributed by atoms with Crippen LogP contribution in [0.1, 0.15) is 12.8 Å². The number of carbonyl (C=O) groups excluding carboxylic acids is 1. The Hall–Kier alpha value is -2.19. The lowest BCUT2D eigenvalue weighted by Crippen LogP contribution is -2.34. The van der Waals surface area contributed by atoms with Crippen molar-refractivity contribution in [2.24, 2.45) is 0 Å². The van der Waals surface area contributed by atoms with Crippen molar-refractivity contribution >= 4 is 16.8 Å². The van der Waals surface area contributed by atoms with Crippen molar-refractivity contribution in [2.75, 3.05) is 6.54 Å². The van der Waals surface area contributed by atoms with E-state index in [1.165, 1.54) is 23.4 Å². The summed E-state index contributed by atoms with van der Waals surface area (Å²) in [6.07, 6.45) is 4.38. The fraction of sp³-hybridized carbons (Fsp3) is 0.462. The van der Waals surface area contributed by atoms with Crippen molar-refractivity contribution in [1.82, 2.24) is 24.8 Å². The second-order valence-corrected chi connectivity index (χ2v) is 5.09. The van der Waals surface area contributed by atoms with E-state index in [2.05, 4.69) is 20.3 Å². The average Bonchev–Trinajstić information content (AvgIpc) is 2.87. The van der Waals surface area contributed by atoms with Crippen LogP contribution in [0.25, 0.3) is 11.0 Å². The second-order valence-electron chi connectivity index (χ2n) is 5.09. The minimum atomic E-state index is -0.506. The number of rotatable bonds is 4. The Kier molecular flexibility index (Phi) is 3.72. The van der Waals surface area contributed by atoms with Gasteiger partial charge in [0.1, 0.15) is 11.8 Å². The third-order valence-corrected chi connectivity index (χ3v) is 3.60. The maximum absolute atomic E-state index is 12.2. The first-order valence-corrected chi connectivity index (χ1v) is 6.73. The summed E-state index contributed by atoms with van der Waals surface area (Å²) in [5.74, 6) is -0.134. The lowest BCUT2D eigenvalue weighted by Gasteiger charge is -2.14. The van der Waals surface area contributed by atoms with Crippen LogP contribution in [0.5, 0.6) is 0 Å². The second kappa shape index (κ2) is 5.66. The maximum Gasteiger partial charge on any atom is 0.280 e. The topological polar surface area (TPSA) is 110 Å². The Balaban J connectivity index is 1.77. The van der Waals surface area contributed by atoms with Crippen molar-refractivity contribution < 1.29 is 9.90 Å².